The van der Waals surface area contributed by atoms with E-state index in [1.165, 1.54) is 38.1 Å². The molecule has 0 amide bonds. The van der Waals surface area contributed by atoms with E-state index >= 15 is 0 Å². The molecule has 3 aliphatic heterocycles. The molecule has 3 fully saturated rings. The predicted octanol–water partition coefficient (Wildman–Crippen LogP) is 4.20. The number of rotatable bonds is 5. The lowest BCUT2D eigenvalue weighted by atomic mass is 9.99. The van der Waals surface area contributed by atoms with Crippen molar-refractivity contribution in [3.63, 3.8) is 0 Å². The second-order valence-electron chi connectivity index (χ2n) is 10.0. The number of pyridine rings is 1. The number of alkyl halides is 3. The lowest BCUT2D eigenvalue weighted by Crippen LogP contribution is -2.56. The Balaban J connectivity index is 1.16. The van der Waals surface area contributed by atoms with Crippen LogP contribution in [0.5, 0.6) is 5.75 Å². The van der Waals surface area contributed by atoms with E-state index in [1.54, 1.807) is 12.3 Å². The zero-order valence-corrected chi connectivity index (χ0v) is 20.5. The van der Waals surface area contributed by atoms with Gasteiger partial charge in [0, 0.05) is 68.6 Å². The summed E-state index contributed by atoms with van der Waals surface area (Å²) in [5.74, 6) is -0.202. The fourth-order valence-electron chi connectivity index (χ4n) is 6.12. The number of piperazine rings is 1. The Hall–Kier alpha value is -2.10. The van der Waals surface area contributed by atoms with E-state index < -0.39 is 6.36 Å². The Labute approximate surface area is 205 Å². The second kappa shape index (κ2) is 10.5. The highest BCUT2D eigenvalue weighted by Crippen LogP contribution is 2.33. The predicted molar refractivity (Wildman–Crippen MR) is 132 cm³/mol. The van der Waals surface area contributed by atoms with Crippen molar-refractivity contribution >= 4 is 16.6 Å². The van der Waals surface area contributed by atoms with Gasteiger partial charge in [0.1, 0.15) is 5.75 Å². The normalized spacial score (nSPS) is 22.7. The summed E-state index contributed by atoms with van der Waals surface area (Å²) in [6, 6.07) is 7.61. The van der Waals surface area contributed by atoms with Crippen molar-refractivity contribution in [3.8, 4) is 5.75 Å². The summed E-state index contributed by atoms with van der Waals surface area (Å²) in [6.07, 6.45) is 1.75. The van der Waals surface area contributed by atoms with E-state index in [9.17, 15) is 13.2 Å². The zero-order chi connectivity index (χ0) is 24.4. The van der Waals surface area contributed by atoms with E-state index in [0.29, 0.717) is 16.9 Å². The lowest BCUT2D eigenvalue weighted by molar-refractivity contribution is -0.274. The minimum atomic E-state index is -4.70. The Morgan fingerprint density at radius 1 is 0.857 bits per heavy atom. The van der Waals surface area contributed by atoms with Gasteiger partial charge in [-0.3, -0.25) is 14.8 Å². The van der Waals surface area contributed by atoms with Crippen molar-refractivity contribution in [1.29, 1.82) is 0 Å². The van der Waals surface area contributed by atoms with Crippen LogP contribution in [0.3, 0.4) is 0 Å². The number of halogens is 3. The van der Waals surface area contributed by atoms with Crippen molar-refractivity contribution in [2.45, 2.75) is 51.1 Å². The summed E-state index contributed by atoms with van der Waals surface area (Å²) in [4.78, 5) is 14.6. The third-order valence-corrected chi connectivity index (χ3v) is 8.11. The van der Waals surface area contributed by atoms with E-state index in [0.717, 1.165) is 70.4 Å². The average molecular weight is 492 g/mol. The zero-order valence-electron chi connectivity index (χ0n) is 20.5. The van der Waals surface area contributed by atoms with Gasteiger partial charge < -0.3 is 14.5 Å². The first-order valence-corrected chi connectivity index (χ1v) is 13.0. The number of hydrogen-bond donors (Lipinski definition) is 0. The minimum absolute atomic E-state index is 0.202. The average Bonchev–Trinajstić information content (AvgIpc) is 2.88. The Morgan fingerprint density at radius 3 is 2.03 bits per heavy atom. The molecule has 4 heterocycles. The molecule has 0 atom stereocenters. The molecule has 0 unspecified atom stereocenters. The van der Waals surface area contributed by atoms with Crippen LogP contribution in [0, 0.1) is 0 Å². The van der Waals surface area contributed by atoms with E-state index in [4.69, 9.17) is 0 Å². The smallest absolute Gasteiger partial charge is 0.406 e. The maximum Gasteiger partial charge on any atom is 0.573 e. The Morgan fingerprint density at radius 2 is 1.46 bits per heavy atom. The molecule has 1 aromatic carbocycles. The fraction of sp³-hybridized carbons (Fsp3) is 0.654. The van der Waals surface area contributed by atoms with Gasteiger partial charge >= 0.3 is 6.36 Å². The molecular formula is C26H36F3N5O. The van der Waals surface area contributed by atoms with Gasteiger partial charge in [-0.1, -0.05) is 6.92 Å². The van der Waals surface area contributed by atoms with E-state index in [-0.39, 0.29) is 5.75 Å². The number of anilines is 1. The van der Waals surface area contributed by atoms with Crippen LogP contribution in [-0.4, -0.2) is 97.0 Å². The Bertz CT molecular complexity index is 979. The summed E-state index contributed by atoms with van der Waals surface area (Å²) in [5.41, 5.74) is 1.62. The summed E-state index contributed by atoms with van der Waals surface area (Å²) in [7, 11) is 0. The van der Waals surface area contributed by atoms with Crippen LogP contribution in [0.4, 0.5) is 18.9 Å². The maximum atomic E-state index is 12.7. The molecule has 0 spiro atoms. The second-order valence-corrected chi connectivity index (χ2v) is 10.0. The van der Waals surface area contributed by atoms with Gasteiger partial charge in [-0.25, -0.2) is 0 Å². The largest absolute Gasteiger partial charge is 0.573 e. The van der Waals surface area contributed by atoms with Gasteiger partial charge in [-0.15, -0.1) is 13.2 Å². The molecule has 0 N–H and O–H groups in total. The molecule has 0 radical (unpaired) electrons. The first-order chi connectivity index (χ1) is 16.9. The summed E-state index contributed by atoms with van der Waals surface area (Å²) in [6.45, 7) is 12.2. The van der Waals surface area contributed by atoms with Crippen LogP contribution in [0.2, 0.25) is 0 Å². The monoisotopic (exact) mass is 491 g/mol. The first-order valence-electron chi connectivity index (χ1n) is 13.0. The third kappa shape index (κ3) is 5.84. The highest BCUT2D eigenvalue weighted by Gasteiger charge is 2.33. The molecule has 0 saturated carbocycles. The van der Waals surface area contributed by atoms with Crippen molar-refractivity contribution < 1.29 is 17.9 Å². The molecule has 9 heteroatoms. The van der Waals surface area contributed by atoms with Crippen LogP contribution in [0.15, 0.2) is 30.5 Å². The van der Waals surface area contributed by atoms with Crippen LogP contribution in [0.1, 0.15) is 32.6 Å². The third-order valence-electron chi connectivity index (χ3n) is 8.11. The standard InChI is InChI=1S/C26H36F3N5O/c1-2-31-11-6-20(7-12-31)32-15-17-33(18-16-32)21-8-13-34(14-9-21)25-5-10-30-24-4-3-22(19-23(24)25)35-26(27,28)29/h3-5,10,19-21H,2,6-9,11-18H2,1H3. The highest BCUT2D eigenvalue weighted by molar-refractivity contribution is 5.92. The molecule has 0 bridgehead atoms. The van der Waals surface area contributed by atoms with E-state index in [1.807, 2.05) is 6.07 Å². The number of nitrogens with zero attached hydrogens (tertiary/aromatic N) is 5. The number of benzene rings is 1. The number of ether oxygens (including phenoxy) is 1. The summed E-state index contributed by atoms with van der Waals surface area (Å²) in [5, 5.41) is 0.704. The summed E-state index contributed by atoms with van der Waals surface area (Å²) < 4.78 is 42.3. The number of likely N-dealkylation sites (tertiary alicyclic amines) is 1. The van der Waals surface area contributed by atoms with Crippen molar-refractivity contribution in [2.75, 3.05) is 63.8 Å². The molecule has 1 aromatic heterocycles. The molecule has 35 heavy (non-hydrogen) atoms. The number of aromatic nitrogens is 1. The van der Waals surface area contributed by atoms with E-state index in [2.05, 4.69) is 36.2 Å². The molecule has 6 nitrogen and oxygen atoms in total. The van der Waals surface area contributed by atoms with Gasteiger partial charge in [-0.2, -0.15) is 0 Å². The number of hydrogen-bond acceptors (Lipinski definition) is 6. The van der Waals surface area contributed by atoms with Crippen LogP contribution >= 0.6 is 0 Å². The molecule has 0 aliphatic carbocycles. The quantitative estimate of drug-likeness (QED) is 0.624. The summed E-state index contributed by atoms with van der Waals surface area (Å²) >= 11 is 0. The Kier molecular flexibility index (Phi) is 7.37. The molecule has 3 saturated heterocycles. The van der Waals surface area contributed by atoms with Gasteiger partial charge in [0.05, 0.1) is 5.52 Å². The first kappa shape index (κ1) is 24.6. The SMILES string of the molecule is CCN1CCC(N2CCN(C3CCN(c4ccnc5ccc(OC(F)(F)F)cc45)CC3)CC2)CC1. The van der Waals surface area contributed by atoms with Crippen molar-refractivity contribution in [3.05, 3.63) is 30.5 Å². The van der Waals surface area contributed by atoms with Crippen LogP contribution < -0.4 is 9.64 Å². The van der Waals surface area contributed by atoms with Gasteiger partial charge in [0.25, 0.3) is 0 Å². The fourth-order valence-corrected chi connectivity index (χ4v) is 6.12. The maximum absolute atomic E-state index is 12.7. The van der Waals surface area contributed by atoms with Gasteiger partial charge in [-0.05, 0) is 69.6 Å². The molecule has 192 valence electrons. The van der Waals surface area contributed by atoms with Crippen molar-refractivity contribution in [1.82, 2.24) is 19.7 Å². The minimum Gasteiger partial charge on any atom is -0.406 e. The molecule has 2 aromatic rings. The molecule has 3 aliphatic rings. The van der Waals surface area contributed by atoms with Crippen LogP contribution in [-0.2, 0) is 0 Å². The van der Waals surface area contributed by atoms with Crippen molar-refractivity contribution in [2.24, 2.45) is 0 Å². The number of fused-ring (bicyclic) bond motifs is 1. The lowest BCUT2D eigenvalue weighted by Gasteiger charge is -2.46. The van der Waals surface area contributed by atoms with Crippen LogP contribution in [0.25, 0.3) is 10.9 Å². The van der Waals surface area contributed by atoms with Gasteiger partial charge in [0.15, 0.2) is 0 Å². The number of piperidine rings is 2. The topological polar surface area (TPSA) is 35.1 Å². The highest BCUT2D eigenvalue weighted by atomic mass is 19.4. The van der Waals surface area contributed by atoms with Gasteiger partial charge in [0.2, 0.25) is 0 Å². The molecule has 5 rings (SSSR count). The molecular weight excluding hydrogens is 455 g/mol.